The Morgan fingerprint density at radius 3 is 2.28 bits per heavy atom. The van der Waals surface area contributed by atoms with Gasteiger partial charge >= 0.3 is 17.9 Å². The third-order valence-electron chi connectivity index (χ3n) is 11.0. The summed E-state index contributed by atoms with van der Waals surface area (Å²) in [6, 6.07) is -0.745. The van der Waals surface area contributed by atoms with Gasteiger partial charge in [-0.1, -0.05) is 45.1 Å². The van der Waals surface area contributed by atoms with E-state index in [2.05, 4.69) is 0 Å². The second kappa shape index (κ2) is 23.3. The SMILES string of the molecule is CCCC(=O)O[C@H]1[C@H](C)O[C@@H](O[C@H]2[C@H](N(C)C)[C@@H](OC(=O)CC)[C@H](O[C@H]3[C@@H](CC=O)C[C@@H](C)[C@@H](O)/C=C/C=C/C[C@@H](C)OC(=O)C[C@@H](O)[C@@H]3OC)O[C@@H]2C)C[C@@]1(C)O. The molecule has 58 heavy (non-hydrogen) atoms. The second-order valence-corrected chi connectivity index (χ2v) is 16.4. The van der Waals surface area contributed by atoms with Crippen LogP contribution in [0.5, 0.6) is 0 Å². The van der Waals surface area contributed by atoms with Crippen LogP contribution >= 0.6 is 0 Å². The number of carbonyl (C=O) groups excluding carboxylic acids is 4. The normalized spacial score (nSPS) is 40.6. The van der Waals surface area contributed by atoms with Gasteiger partial charge in [-0.05, 0) is 66.5 Å². The van der Waals surface area contributed by atoms with E-state index in [0.29, 0.717) is 19.1 Å². The van der Waals surface area contributed by atoms with Crippen molar-refractivity contribution in [2.75, 3.05) is 21.2 Å². The van der Waals surface area contributed by atoms with Gasteiger partial charge in [-0.2, -0.15) is 0 Å². The highest BCUT2D eigenvalue weighted by atomic mass is 16.7. The summed E-state index contributed by atoms with van der Waals surface area (Å²) in [5.41, 5.74) is -1.51. The highest BCUT2D eigenvalue weighted by molar-refractivity contribution is 5.70. The predicted molar refractivity (Wildman–Crippen MR) is 210 cm³/mol. The minimum atomic E-state index is -1.51. The van der Waals surface area contributed by atoms with E-state index in [1.54, 1.807) is 71.8 Å². The number of likely N-dealkylation sites (N-methyl/N-ethyl adjacent to an activating group) is 1. The molecular weight excluding hydrogens is 758 g/mol. The summed E-state index contributed by atoms with van der Waals surface area (Å²) in [6.07, 6.45) is -3.51. The lowest BCUT2D eigenvalue weighted by molar-refractivity contribution is -0.345. The number of allylic oxidation sites excluding steroid dienone is 2. The number of hydrogen-bond donors (Lipinski definition) is 3. The molecular formula is C42H69NO15. The van der Waals surface area contributed by atoms with Crippen molar-refractivity contribution in [1.29, 1.82) is 0 Å². The number of esters is 3. The summed E-state index contributed by atoms with van der Waals surface area (Å²) < 4.78 is 49.1. The molecule has 0 unspecified atom stereocenters. The summed E-state index contributed by atoms with van der Waals surface area (Å²) in [4.78, 5) is 52.6. The molecule has 0 aromatic heterocycles. The Hall–Kier alpha value is -2.80. The van der Waals surface area contributed by atoms with E-state index in [9.17, 15) is 34.5 Å². The van der Waals surface area contributed by atoms with Crippen molar-refractivity contribution in [3.05, 3.63) is 24.3 Å². The van der Waals surface area contributed by atoms with Gasteiger partial charge in [-0.15, -0.1) is 0 Å². The Morgan fingerprint density at radius 1 is 0.966 bits per heavy atom. The molecule has 332 valence electrons. The van der Waals surface area contributed by atoms with Crippen LogP contribution in [-0.2, 0) is 57.1 Å². The maximum absolute atomic E-state index is 13.1. The molecule has 0 bridgehead atoms. The van der Waals surface area contributed by atoms with Crippen molar-refractivity contribution in [2.24, 2.45) is 11.8 Å². The van der Waals surface area contributed by atoms with E-state index in [1.165, 1.54) is 7.11 Å². The zero-order valence-electron chi connectivity index (χ0n) is 35.9. The van der Waals surface area contributed by atoms with Crippen LogP contribution in [0.3, 0.4) is 0 Å². The van der Waals surface area contributed by atoms with Crippen molar-refractivity contribution >= 4 is 24.2 Å². The molecule has 3 heterocycles. The second-order valence-electron chi connectivity index (χ2n) is 16.4. The van der Waals surface area contributed by atoms with Gasteiger partial charge in [0.05, 0.1) is 43.0 Å². The number of hydrogen-bond acceptors (Lipinski definition) is 16. The fourth-order valence-corrected chi connectivity index (χ4v) is 7.99. The van der Waals surface area contributed by atoms with Gasteiger partial charge < -0.3 is 62.9 Å². The van der Waals surface area contributed by atoms with Crippen molar-refractivity contribution in [3.63, 3.8) is 0 Å². The number of aliphatic hydroxyl groups is 3. The molecule has 2 saturated heterocycles. The van der Waals surface area contributed by atoms with Gasteiger partial charge in [-0.25, -0.2) is 0 Å². The zero-order valence-corrected chi connectivity index (χ0v) is 35.9. The Balaban J connectivity index is 2.04. The van der Waals surface area contributed by atoms with Gasteiger partial charge in [0.2, 0.25) is 0 Å². The minimum absolute atomic E-state index is 0.0178. The van der Waals surface area contributed by atoms with Gasteiger partial charge in [-0.3, -0.25) is 14.4 Å². The molecule has 0 aliphatic carbocycles. The fraction of sp³-hybridized carbons (Fsp3) is 0.810. The maximum Gasteiger partial charge on any atom is 0.308 e. The third kappa shape index (κ3) is 13.9. The monoisotopic (exact) mass is 827 g/mol. The Bertz CT molecular complexity index is 1370. The van der Waals surface area contributed by atoms with Crippen LogP contribution < -0.4 is 0 Å². The molecule has 3 rings (SSSR count). The number of carbonyl (C=O) groups is 4. The van der Waals surface area contributed by atoms with Crippen LogP contribution in [-0.4, -0.2) is 151 Å². The first-order chi connectivity index (χ1) is 27.4. The van der Waals surface area contributed by atoms with Crippen LogP contribution in [0, 0.1) is 11.8 Å². The first-order valence-corrected chi connectivity index (χ1v) is 20.6. The number of aldehydes is 1. The van der Waals surface area contributed by atoms with E-state index in [4.69, 9.17) is 37.9 Å². The summed E-state index contributed by atoms with van der Waals surface area (Å²) in [5, 5.41) is 34.1. The lowest BCUT2D eigenvalue weighted by Crippen LogP contribution is -2.66. The van der Waals surface area contributed by atoms with Crippen molar-refractivity contribution in [1.82, 2.24) is 4.90 Å². The van der Waals surface area contributed by atoms with E-state index in [-0.39, 0.29) is 32.1 Å². The highest BCUT2D eigenvalue weighted by Gasteiger charge is 2.54. The smallest absolute Gasteiger partial charge is 0.308 e. The third-order valence-corrected chi connectivity index (χ3v) is 11.0. The van der Waals surface area contributed by atoms with E-state index in [0.717, 1.165) is 0 Å². The van der Waals surface area contributed by atoms with Crippen molar-refractivity contribution < 1.29 is 72.4 Å². The van der Waals surface area contributed by atoms with Crippen LogP contribution in [0.15, 0.2) is 24.3 Å². The molecule has 0 amide bonds. The topological polar surface area (TPSA) is 206 Å². The van der Waals surface area contributed by atoms with Gasteiger partial charge in [0.15, 0.2) is 24.8 Å². The Kier molecular flexibility index (Phi) is 19.9. The number of aliphatic hydroxyl groups excluding tert-OH is 2. The first kappa shape index (κ1) is 49.6. The molecule has 3 aliphatic rings. The van der Waals surface area contributed by atoms with E-state index < -0.39 is 121 Å². The Morgan fingerprint density at radius 2 is 1.67 bits per heavy atom. The number of methoxy groups -OCH3 is 1. The maximum atomic E-state index is 13.1. The zero-order chi connectivity index (χ0) is 43.3. The standard InChI is InChI=1S/C42H69NO15/c1-11-16-32(48)56-40-27(6)53-34(23-42(40,7)50)57-36-26(5)54-41(39(35(36)43(8)9)55-31(47)12-2)58-37-28(19-20-44)21-24(3)29(45)18-15-13-14-17-25(4)52-33(49)22-30(46)38(37)51-10/h13-15,18,20,24-30,34-41,45-46,50H,11-12,16-17,19,21-23H2,1-10H3/b14-13+,18-15+/t24-,25-,26-,27+,28+,29+,30-,34+,35+,36-,37+,38+,39-,40+,41+,42-/m1/s1. The molecule has 0 radical (unpaired) electrons. The summed E-state index contributed by atoms with van der Waals surface area (Å²) in [5.74, 6) is -2.77. The Labute approximate surface area is 343 Å². The largest absolute Gasteiger partial charge is 0.462 e. The summed E-state index contributed by atoms with van der Waals surface area (Å²) >= 11 is 0. The summed E-state index contributed by atoms with van der Waals surface area (Å²) in [6.45, 7) is 12.0. The van der Waals surface area contributed by atoms with Gasteiger partial charge in [0.1, 0.15) is 30.2 Å². The predicted octanol–water partition coefficient (Wildman–Crippen LogP) is 3.16. The van der Waals surface area contributed by atoms with Crippen molar-refractivity contribution in [3.8, 4) is 0 Å². The quantitative estimate of drug-likeness (QED) is 0.139. The lowest BCUT2D eigenvalue weighted by atomic mass is 9.82. The molecule has 16 atom stereocenters. The molecule has 3 N–H and O–H groups in total. The van der Waals surface area contributed by atoms with Crippen LogP contribution in [0.2, 0.25) is 0 Å². The van der Waals surface area contributed by atoms with Crippen LogP contribution in [0.25, 0.3) is 0 Å². The fourth-order valence-electron chi connectivity index (χ4n) is 7.99. The molecule has 0 spiro atoms. The molecule has 0 aromatic rings. The van der Waals surface area contributed by atoms with Crippen LogP contribution in [0.1, 0.15) is 99.8 Å². The average Bonchev–Trinajstić information content (AvgIpc) is 3.13. The molecule has 2 fully saturated rings. The molecule has 0 saturated carbocycles. The molecule has 16 nitrogen and oxygen atoms in total. The lowest BCUT2D eigenvalue weighted by Gasteiger charge is -2.51. The minimum Gasteiger partial charge on any atom is -0.462 e. The first-order valence-electron chi connectivity index (χ1n) is 20.6. The van der Waals surface area contributed by atoms with Gasteiger partial charge in [0.25, 0.3) is 0 Å². The number of rotatable bonds is 13. The highest BCUT2D eigenvalue weighted by Crippen LogP contribution is 2.38. The molecule has 3 aliphatic heterocycles. The number of ether oxygens (including phenoxy) is 8. The number of nitrogens with zero attached hydrogens (tertiary/aromatic N) is 1. The van der Waals surface area contributed by atoms with E-state index in [1.807, 2.05) is 19.9 Å². The van der Waals surface area contributed by atoms with Crippen molar-refractivity contribution in [2.45, 2.75) is 185 Å². The number of cyclic esters (lactones) is 1. The van der Waals surface area contributed by atoms with Gasteiger partial charge in [0, 0.05) is 39.2 Å². The van der Waals surface area contributed by atoms with E-state index >= 15 is 0 Å². The molecule has 0 aromatic carbocycles. The van der Waals surface area contributed by atoms with Crippen LogP contribution in [0.4, 0.5) is 0 Å². The summed E-state index contributed by atoms with van der Waals surface area (Å²) in [7, 11) is 4.89. The average molecular weight is 828 g/mol. The molecule has 16 heteroatoms.